The molecule has 1 aromatic carbocycles. The molecule has 0 spiro atoms. The zero-order valence-electron chi connectivity index (χ0n) is 19.0. The van der Waals surface area contributed by atoms with Crippen molar-refractivity contribution in [1.82, 2.24) is 15.5 Å². The lowest BCUT2D eigenvalue weighted by atomic mass is 10.1. The van der Waals surface area contributed by atoms with E-state index in [1.807, 2.05) is 39.0 Å². The van der Waals surface area contributed by atoms with Crippen molar-refractivity contribution in [1.29, 1.82) is 0 Å². The molecule has 2 aliphatic rings. The second-order valence-corrected chi connectivity index (χ2v) is 8.96. The van der Waals surface area contributed by atoms with Crippen LogP contribution in [-0.2, 0) is 4.79 Å². The van der Waals surface area contributed by atoms with Crippen molar-refractivity contribution in [2.75, 3.05) is 45.2 Å². The second-order valence-electron chi connectivity index (χ2n) is 8.96. The highest BCUT2D eigenvalue weighted by molar-refractivity contribution is 14.0. The number of amides is 1. The zero-order chi connectivity index (χ0) is 21.6. The highest BCUT2D eigenvalue weighted by Gasteiger charge is 2.21. The SMILES string of the molecule is CN1CCCC1CNC(=NCC(=O)NC(C)(C)C)Nc1ccc2c(c1)OCCCO2.I. The molecule has 1 atom stereocenters. The molecule has 0 bridgehead atoms. The lowest BCUT2D eigenvalue weighted by Crippen LogP contribution is -2.43. The summed E-state index contributed by atoms with van der Waals surface area (Å²) in [7, 11) is 2.14. The van der Waals surface area contributed by atoms with Gasteiger partial charge < -0.3 is 30.3 Å². The highest BCUT2D eigenvalue weighted by Crippen LogP contribution is 2.32. The quantitative estimate of drug-likeness (QED) is 0.300. The Kier molecular flexibility index (Phi) is 9.67. The van der Waals surface area contributed by atoms with Crippen molar-refractivity contribution in [3.05, 3.63) is 18.2 Å². The molecular formula is C22H36IN5O3. The molecule has 1 fully saturated rings. The normalized spacial score (nSPS) is 19.2. The molecule has 1 aromatic rings. The van der Waals surface area contributed by atoms with Gasteiger partial charge in [0, 0.05) is 36.3 Å². The maximum absolute atomic E-state index is 12.2. The number of aliphatic imine (C=N–C) groups is 1. The summed E-state index contributed by atoms with van der Waals surface area (Å²) in [5.74, 6) is 1.94. The number of ether oxygens (including phenoxy) is 2. The van der Waals surface area contributed by atoms with Crippen molar-refractivity contribution >= 4 is 41.5 Å². The van der Waals surface area contributed by atoms with Crippen LogP contribution in [0.5, 0.6) is 11.5 Å². The Labute approximate surface area is 202 Å². The summed E-state index contributed by atoms with van der Waals surface area (Å²) in [6.45, 7) is 9.11. The van der Waals surface area contributed by atoms with Gasteiger partial charge in [0.25, 0.3) is 0 Å². The molecule has 3 rings (SSSR count). The summed E-state index contributed by atoms with van der Waals surface area (Å²) in [6.07, 6.45) is 3.23. The third kappa shape index (κ3) is 8.36. The lowest BCUT2D eigenvalue weighted by Gasteiger charge is -2.22. The van der Waals surface area contributed by atoms with E-state index in [2.05, 4.69) is 32.9 Å². The highest BCUT2D eigenvalue weighted by atomic mass is 127. The maximum atomic E-state index is 12.2. The number of guanidine groups is 1. The number of fused-ring (bicyclic) bond motifs is 1. The molecular weight excluding hydrogens is 509 g/mol. The van der Waals surface area contributed by atoms with E-state index >= 15 is 0 Å². The maximum Gasteiger partial charge on any atom is 0.242 e. The first-order valence-electron chi connectivity index (χ1n) is 10.8. The summed E-state index contributed by atoms with van der Waals surface area (Å²) in [5, 5.41) is 9.65. The van der Waals surface area contributed by atoms with Crippen LogP contribution in [0.1, 0.15) is 40.0 Å². The van der Waals surface area contributed by atoms with E-state index in [0.29, 0.717) is 25.2 Å². The Morgan fingerprint density at radius 2 is 1.94 bits per heavy atom. The summed E-state index contributed by atoms with van der Waals surface area (Å²) in [5.41, 5.74) is 0.552. The number of benzene rings is 1. The number of halogens is 1. The van der Waals surface area contributed by atoms with Gasteiger partial charge in [-0.2, -0.15) is 0 Å². The molecule has 0 radical (unpaired) electrons. The van der Waals surface area contributed by atoms with Crippen LogP contribution < -0.4 is 25.4 Å². The Hall–Kier alpha value is -1.75. The largest absolute Gasteiger partial charge is 0.490 e. The molecule has 31 heavy (non-hydrogen) atoms. The number of likely N-dealkylation sites (tertiary alicyclic amines) is 1. The monoisotopic (exact) mass is 545 g/mol. The molecule has 0 saturated carbocycles. The number of carbonyl (C=O) groups is 1. The van der Waals surface area contributed by atoms with Crippen molar-refractivity contribution in [3.8, 4) is 11.5 Å². The van der Waals surface area contributed by atoms with Gasteiger partial charge >= 0.3 is 0 Å². The number of likely N-dealkylation sites (N-methyl/N-ethyl adjacent to an activating group) is 1. The predicted octanol–water partition coefficient (Wildman–Crippen LogP) is 2.83. The minimum Gasteiger partial charge on any atom is -0.490 e. The number of nitrogens with zero attached hydrogens (tertiary/aromatic N) is 2. The average molecular weight is 545 g/mol. The Morgan fingerprint density at radius 1 is 1.19 bits per heavy atom. The van der Waals surface area contributed by atoms with Crippen LogP contribution in [-0.4, -0.2) is 68.2 Å². The van der Waals surface area contributed by atoms with Crippen LogP contribution >= 0.6 is 24.0 Å². The number of nitrogens with one attached hydrogen (secondary N) is 3. The van der Waals surface area contributed by atoms with Crippen molar-refractivity contribution in [3.63, 3.8) is 0 Å². The van der Waals surface area contributed by atoms with Gasteiger partial charge in [0.1, 0.15) is 6.54 Å². The Morgan fingerprint density at radius 3 is 2.61 bits per heavy atom. The van der Waals surface area contributed by atoms with Crippen molar-refractivity contribution < 1.29 is 14.3 Å². The van der Waals surface area contributed by atoms with E-state index < -0.39 is 0 Å². The van der Waals surface area contributed by atoms with Gasteiger partial charge in [-0.15, -0.1) is 24.0 Å². The molecule has 9 heteroatoms. The smallest absolute Gasteiger partial charge is 0.242 e. The molecule has 1 saturated heterocycles. The molecule has 8 nitrogen and oxygen atoms in total. The first kappa shape index (κ1) is 25.5. The fraction of sp³-hybridized carbons (Fsp3) is 0.636. The van der Waals surface area contributed by atoms with Gasteiger partial charge in [0.2, 0.25) is 5.91 Å². The van der Waals surface area contributed by atoms with Gasteiger partial charge in [-0.1, -0.05) is 0 Å². The van der Waals surface area contributed by atoms with Gasteiger partial charge in [0.15, 0.2) is 17.5 Å². The third-order valence-corrected chi connectivity index (χ3v) is 5.08. The minimum atomic E-state index is -0.283. The van der Waals surface area contributed by atoms with Crippen molar-refractivity contribution in [2.45, 2.75) is 51.6 Å². The van der Waals surface area contributed by atoms with Crippen LogP contribution in [0.3, 0.4) is 0 Å². The summed E-state index contributed by atoms with van der Waals surface area (Å²) >= 11 is 0. The summed E-state index contributed by atoms with van der Waals surface area (Å²) in [4.78, 5) is 19.1. The van der Waals surface area contributed by atoms with Crippen LogP contribution in [0.25, 0.3) is 0 Å². The Bertz CT molecular complexity index is 766. The molecule has 1 unspecified atom stereocenters. The van der Waals surface area contributed by atoms with Gasteiger partial charge in [-0.05, 0) is 59.3 Å². The summed E-state index contributed by atoms with van der Waals surface area (Å²) < 4.78 is 11.5. The number of carbonyl (C=O) groups excluding carboxylic acids is 1. The van der Waals surface area contributed by atoms with Crippen LogP contribution in [0.2, 0.25) is 0 Å². The topological polar surface area (TPSA) is 87.2 Å². The molecule has 2 aliphatic heterocycles. The van der Waals surface area contributed by atoms with E-state index in [1.54, 1.807) is 0 Å². The first-order valence-corrected chi connectivity index (χ1v) is 10.8. The fourth-order valence-corrected chi connectivity index (χ4v) is 3.58. The van der Waals surface area contributed by atoms with Crippen LogP contribution in [0, 0.1) is 0 Å². The van der Waals surface area contributed by atoms with E-state index in [-0.39, 0.29) is 42.0 Å². The fourth-order valence-electron chi connectivity index (χ4n) is 3.58. The van der Waals surface area contributed by atoms with Gasteiger partial charge in [0.05, 0.1) is 13.2 Å². The zero-order valence-corrected chi connectivity index (χ0v) is 21.3. The third-order valence-electron chi connectivity index (χ3n) is 5.08. The molecule has 174 valence electrons. The van der Waals surface area contributed by atoms with E-state index in [1.165, 1.54) is 6.42 Å². The molecule has 2 heterocycles. The Balaban J connectivity index is 0.00000341. The lowest BCUT2D eigenvalue weighted by molar-refractivity contribution is -0.121. The molecule has 1 amide bonds. The van der Waals surface area contributed by atoms with Gasteiger partial charge in [-0.3, -0.25) is 4.79 Å². The van der Waals surface area contributed by atoms with Crippen molar-refractivity contribution in [2.24, 2.45) is 4.99 Å². The number of hydrogen-bond donors (Lipinski definition) is 3. The summed E-state index contributed by atoms with van der Waals surface area (Å²) in [6, 6.07) is 6.21. The van der Waals surface area contributed by atoms with Crippen LogP contribution in [0.4, 0.5) is 5.69 Å². The van der Waals surface area contributed by atoms with Crippen LogP contribution in [0.15, 0.2) is 23.2 Å². The number of rotatable bonds is 5. The number of hydrogen-bond acceptors (Lipinski definition) is 5. The van der Waals surface area contributed by atoms with E-state index in [9.17, 15) is 4.79 Å². The minimum absolute atomic E-state index is 0. The molecule has 0 aromatic heterocycles. The standard InChI is InChI=1S/C22H35N5O3.HI/c1-22(2,3)26-20(28)15-24-21(23-14-17-7-5-10-27(17)4)25-16-8-9-18-19(13-16)30-12-6-11-29-18;/h8-9,13,17H,5-7,10-12,14-15H2,1-4H3,(H,26,28)(H2,23,24,25);1H. The van der Waals surface area contributed by atoms with Gasteiger partial charge in [-0.25, -0.2) is 4.99 Å². The average Bonchev–Trinajstić information content (AvgIpc) is 2.94. The number of anilines is 1. The van der Waals surface area contributed by atoms with E-state index in [4.69, 9.17) is 9.47 Å². The predicted molar refractivity (Wildman–Crippen MR) is 135 cm³/mol. The van der Waals surface area contributed by atoms with E-state index in [0.717, 1.165) is 43.1 Å². The second kappa shape index (κ2) is 11.8. The molecule has 0 aliphatic carbocycles. The first-order chi connectivity index (χ1) is 14.3. The molecule has 3 N–H and O–H groups in total.